The molecule has 1 aromatic heterocycles. The van der Waals surface area contributed by atoms with E-state index in [1.165, 1.54) is 17.0 Å². The molecule has 120 valence electrons. The van der Waals surface area contributed by atoms with Crippen LogP contribution in [0.2, 0.25) is 0 Å². The van der Waals surface area contributed by atoms with Crippen LogP contribution in [0.3, 0.4) is 0 Å². The molecule has 0 aromatic carbocycles. The van der Waals surface area contributed by atoms with Gasteiger partial charge in [0, 0.05) is 12.4 Å². The molecule has 21 heavy (non-hydrogen) atoms. The maximum absolute atomic E-state index is 11.6. The van der Waals surface area contributed by atoms with Gasteiger partial charge in [-0.1, -0.05) is 0 Å². The van der Waals surface area contributed by atoms with Crippen LogP contribution in [-0.4, -0.2) is 34.4 Å². The smallest absolute Gasteiger partial charge is 0.417 e. The van der Waals surface area contributed by atoms with E-state index in [1.807, 2.05) is 27.7 Å². The number of rotatable bonds is 5. The predicted octanol–water partition coefficient (Wildman–Crippen LogP) is 3.63. The number of aromatic nitrogens is 1. The van der Waals surface area contributed by atoms with Crippen LogP contribution in [-0.2, 0) is 13.8 Å². The summed E-state index contributed by atoms with van der Waals surface area (Å²) < 4.78 is 17.4. The van der Waals surface area contributed by atoms with Crippen molar-refractivity contribution in [2.75, 3.05) is 6.61 Å². The van der Waals surface area contributed by atoms with Crippen LogP contribution >= 0.6 is 7.57 Å². The van der Waals surface area contributed by atoms with Crippen molar-refractivity contribution < 1.29 is 23.5 Å². The zero-order valence-electron chi connectivity index (χ0n) is 13.1. The third kappa shape index (κ3) is 5.32. The lowest BCUT2D eigenvalue weighted by Crippen LogP contribution is -2.13. The zero-order valence-corrected chi connectivity index (χ0v) is 14.0. The quantitative estimate of drug-likeness (QED) is 0.840. The first-order chi connectivity index (χ1) is 9.78. The van der Waals surface area contributed by atoms with E-state index in [-0.39, 0.29) is 12.2 Å². The summed E-state index contributed by atoms with van der Waals surface area (Å²) in [6.07, 6.45) is 2.21. The molecule has 0 fully saturated rings. The molecule has 0 bridgehead atoms. The van der Waals surface area contributed by atoms with E-state index in [9.17, 15) is 9.69 Å². The van der Waals surface area contributed by atoms with Crippen molar-refractivity contribution in [2.45, 2.75) is 46.8 Å². The molecule has 0 spiro atoms. The average molecular weight is 317 g/mol. The standard InChI is InChI=1S/C14H24NO5P/c1-6-18-14(16)15-9-7-13(8-10-15)21(17,19-11(2)3)20-12(4)5/h7-12,17H,6H2,1-5H3. The van der Waals surface area contributed by atoms with Gasteiger partial charge in [-0.3, -0.25) is 4.57 Å². The van der Waals surface area contributed by atoms with Crippen molar-refractivity contribution in [1.82, 2.24) is 4.57 Å². The van der Waals surface area contributed by atoms with E-state index in [0.717, 1.165) is 0 Å². The minimum Gasteiger partial charge on any atom is -0.449 e. The molecule has 1 N–H and O–H groups in total. The van der Waals surface area contributed by atoms with Crippen LogP contribution in [0.25, 0.3) is 0 Å². The Morgan fingerprint density at radius 1 is 1.19 bits per heavy atom. The second-order valence-corrected chi connectivity index (χ2v) is 6.97. The monoisotopic (exact) mass is 317 g/mol. The van der Waals surface area contributed by atoms with Crippen LogP contribution in [0.5, 0.6) is 0 Å². The van der Waals surface area contributed by atoms with Gasteiger partial charge < -0.3 is 18.7 Å². The largest absolute Gasteiger partial charge is 0.449 e. The number of hydrogen-bond donors (Lipinski definition) is 1. The number of hydrogen-bond acceptors (Lipinski definition) is 5. The Bertz CT molecular complexity index is 530. The number of carbonyl (C=O) groups is 1. The van der Waals surface area contributed by atoms with E-state index in [1.54, 1.807) is 19.1 Å². The van der Waals surface area contributed by atoms with E-state index in [4.69, 9.17) is 13.8 Å². The van der Waals surface area contributed by atoms with Crippen LogP contribution in [0.4, 0.5) is 4.79 Å². The molecule has 0 aliphatic rings. The Balaban J connectivity index is 3.25. The molecule has 0 aliphatic carbocycles. The highest BCUT2D eigenvalue weighted by Crippen LogP contribution is 2.50. The van der Waals surface area contributed by atoms with E-state index in [2.05, 4.69) is 0 Å². The SMILES string of the molecule is CCOC(=O)n1ccc(=P(O)(OC(C)C)OC(C)C)cc1. The fraction of sp³-hybridized carbons (Fsp3) is 0.571. The summed E-state index contributed by atoms with van der Waals surface area (Å²) >= 11 is 0. The lowest BCUT2D eigenvalue weighted by molar-refractivity contribution is 0.131. The molecule has 7 heteroatoms. The summed E-state index contributed by atoms with van der Waals surface area (Å²) in [5.41, 5.74) is 0. The molecule has 0 atom stereocenters. The van der Waals surface area contributed by atoms with Crippen LogP contribution in [0.15, 0.2) is 24.5 Å². The maximum atomic E-state index is 11.6. The Labute approximate surface area is 125 Å². The fourth-order valence-electron chi connectivity index (χ4n) is 1.64. The Morgan fingerprint density at radius 3 is 2.05 bits per heavy atom. The predicted molar refractivity (Wildman–Crippen MR) is 81.7 cm³/mol. The average Bonchev–Trinajstić information content (AvgIpc) is 2.37. The first-order valence-corrected chi connectivity index (χ1v) is 8.54. The molecule has 0 amide bonds. The number of nitrogens with zero attached hydrogens (tertiary/aromatic N) is 1. The fourth-order valence-corrected chi connectivity index (χ4v) is 3.59. The third-order valence-corrected chi connectivity index (χ3v) is 4.69. The van der Waals surface area contributed by atoms with Crippen molar-refractivity contribution in [3.8, 4) is 0 Å². The molecule has 0 aliphatic heterocycles. The number of carbonyl (C=O) groups excluding carboxylic acids is 1. The van der Waals surface area contributed by atoms with E-state index < -0.39 is 13.7 Å². The summed E-state index contributed by atoms with van der Waals surface area (Å²) in [7, 11) is -3.16. The highest BCUT2D eigenvalue weighted by Gasteiger charge is 2.21. The molecule has 0 saturated carbocycles. The Hall–Kier alpha value is -1.07. The Morgan fingerprint density at radius 2 is 1.67 bits per heavy atom. The normalized spacial score (nSPS) is 12.0. The van der Waals surface area contributed by atoms with E-state index in [0.29, 0.717) is 11.5 Å². The van der Waals surface area contributed by atoms with Gasteiger partial charge in [-0.2, -0.15) is 0 Å². The summed E-state index contributed by atoms with van der Waals surface area (Å²) in [4.78, 5) is 22.8. The summed E-state index contributed by atoms with van der Waals surface area (Å²) in [5, 5.41) is 0. The molecule has 1 rings (SSSR count). The number of pyridine rings is 1. The molecule has 6 nitrogen and oxygen atoms in total. The van der Waals surface area contributed by atoms with Gasteiger partial charge >= 0.3 is 6.09 Å². The maximum Gasteiger partial charge on any atom is 0.417 e. The van der Waals surface area contributed by atoms with Gasteiger partial charge in [0.25, 0.3) is 7.57 Å². The van der Waals surface area contributed by atoms with Gasteiger partial charge in [0.2, 0.25) is 0 Å². The van der Waals surface area contributed by atoms with Gasteiger partial charge in [0.1, 0.15) is 0 Å². The lowest BCUT2D eigenvalue weighted by atomic mass is 10.5. The van der Waals surface area contributed by atoms with Crippen molar-refractivity contribution >= 4 is 13.7 Å². The van der Waals surface area contributed by atoms with Gasteiger partial charge in [0.05, 0.1) is 23.8 Å². The Kier molecular flexibility index (Phi) is 6.68. The van der Waals surface area contributed by atoms with Crippen LogP contribution in [0, 0.1) is 4.94 Å². The molecule has 0 radical (unpaired) electrons. The first kappa shape index (κ1) is 18.0. The summed E-state index contributed by atoms with van der Waals surface area (Å²) in [5.74, 6) is 0. The molecule has 1 aromatic rings. The minimum atomic E-state index is -3.16. The lowest BCUT2D eigenvalue weighted by Gasteiger charge is -2.24. The number of ether oxygens (including phenoxy) is 1. The highest BCUT2D eigenvalue weighted by molar-refractivity contribution is 7.52. The van der Waals surface area contributed by atoms with E-state index >= 15 is 0 Å². The molecular weight excluding hydrogens is 293 g/mol. The second-order valence-electron chi connectivity index (χ2n) is 4.99. The highest BCUT2D eigenvalue weighted by atomic mass is 31.2. The van der Waals surface area contributed by atoms with Gasteiger partial charge in [-0.05, 0) is 46.8 Å². The summed E-state index contributed by atoms with van der Waals surface area (Å²) in [6.45, 7) is 9.36. The second kappa shape index (κ2) is 7.80. The van der Waals surface area contributed by atoms with Crippen molar-refractivity contribution in [3.05, 3.63) is 29.5 Å². The van der Waals surface area contributed by atoms with Gasteiger partial charge in [0.15, 0.2) is 0 Å². The molecule has 1 heterocycles. The minimum absolute atomic E-state index is 0.181. The van der Waals surface area contributed by atoms with Crippen molar-refractivity contribution in [1.29, 1.82) is 0 Å². The van der Waals surface area contributed by atoms with Gasteiger partial charge in [-0.25, -0.2) is 4.79 Å². The third-order valence-electron chi connectivity index (χ3n) is 2.32. The topological polar surface area (TPSA) is 69.9 Å². The summed E-state index contributed by atoms with van der Waals surface area (Å²) in [6, 6.07) is 3.21. The van der Waals surface area contributed by atoms with Crippen LogP contribution < -0.4 is 0 Å². The first-order valence-electron chi connectivity index (χ1n) is 6.96. The van der Waals surface area contributed by atoms with Gasteiger partial charge in [-0.15, -0.1) is 0 Å². The zero-order chi connectivity index (χ0) is 16.0. The van der Waals surface area contributed by atoms with Crippen LogP contribution in [0.1, 0.15) is 34.6 Å². The molecular formula is C14H24NO5P. The molecule has 0 unspecified atom stereocenters. The van der Waals surface area contributed by atoms with Crippen molar-refractivity contribution in [2.24, 2.45) is 0 Å². The van der Waals surface area contributed by atoms with Crippen molar-refractivity contribution in [3.63, 3.8) is 0 Å². The molecule has 0 saturated heterocycles.